The highest BCUT2D eigenvalue weighted by Gasteiger charge is 2.66. The van der Waals surface area contributed by atoms with Crippen LogP contribution in [-0.4, -0.2) is 73.6 Å². The molecular weight excluding hydrogens is 552 g/mol. The van der Waals surface area contributed by atoms with Crippen molar-refractivity contribution in [3.8, 4) is 6.07 Å². The van der Waals surface area contributed by atoms with Crippen molar-refractivity contribution < 1.29 is 49.4 Å². The van der Waals surface area contributed by atoms with Crippen LogP contribution in [0.3, 0.4) is 0 Å². The molecule has 0 saturated carbocycles. The molecule has 0 spiro atoms. The highest BCUT2D eigenvalue weighted by molar-refractivity contribution is 8.18. The number of esters is 1. The Morgan fingerprint density at radius 2 is 1.86 bits per heavy atom. The summed E-state index contributed by atoms with van der Waals surface area (Å²) in [5, 5.41) is 17.2. The number of hydrogen-bond acceptors (Lipinski definition) is 8. The Balaban J connectivity index is 1.81. The normalized spacial score (nSPS) is 23.2. The van der Waals surface area contributed by atoms with E-state index >= 15 is 0 Å². The van der Waals surface area contributed by atoms with Gasteiger partial charge in [-0.25, -0.2) is 13.2 Å². The Morgan fingerprint density at radius 1 is 1.22 bits per heavy atom. The number of rotatable bonds is 5. The van der Waals surface area contributed by atoms with Gasteiger partial charge in [0, 0.05) is 31.4 Å². The van der Waals surface area contributed by atoms with Gasteiger partial charge in [0.2, 0.25) is 10.0 Å². The van der Waals surface area contributed by atoms with Gasteiger partial charge in [0.25, 0.3) is 5.60 Å². The molecule has 1 aromatic carbocycles. The number of thioether (sulfide) groups is 1. The minimum atomic E-state index is -5.44. The van der Waals surface area contributed by atoms with E-state index in [2.05, 4.69) is 4.74 Å². The number of anilines is 1. The summed E-state index contributed by atoms with van der Waals surface area (Å²) in [7, 11) is -3.75. The van der Waals surface area contributed by atoms with Crippen molar-refractivity contribution in [2.24, 2.45) is 0 Å². The monoisotopic (exact) mass is 573 g/mol. The van der Waals surface area contributed by atoms with Crippen LogP contribution in [-0.2, 0) is 25.7 Å². The van der Waals surface area contributed by atoms with Gasteiger partial charge in [-0.2, -0.15) is 35.9 Å². The van der Waals surface area contributed by atoms with E-state index in [4.69, 9.17) is 5.26 Å². The van der Waals surface area contributed by atoms with E-state index in [0.29, 0.717) is 13.2 Å². The zero-order valence-corrected chi connectivity index (χ0v) is 20.9. The first-order valence-corrected chi connectivity index (χ1v) is 12.9. The van der Waals surface area contributed by atoms with Crippen LogP contribution in [0.5, 0.6) is 0 Å². The molecule has 0 aliphatic carbocycles. The number of hydrogen-bond donors (Lipinski definition) is 1. The fourth-order valence-electron chi connectivity index (χ4n) is 4.19. The first-order chi connectivity index (χ1) is 17.0. The standard InChI is InChI=1S/C21H21F6N3O5S2/c1-12-11-29(15-4-3-13(10-28)9-14(15)20(22,23)24)7-8-30(12)37(33,34)17-6-5-16(36-17)19(32,18(31)35-2)21(25,26)27/h3-4,6,9,12,16,32H,5,7-8,11H2,1-2H3/t12-,16?,19?/m1/s1. The molecule has 2 unspecified atom stereocenters. The van der Waals surface area contributed by atoms with Crippen LogP contribution in [0.4, 0.5) is 32.0 Å². The summed E-state index contributed by atoms with van der Waals surface area (Å²) in [6.07, 6.45) is -9.85. The molecule has 0 bridgehead atoms. The molecule has 3 atom stereocenters. The second kappa shape index (κ2) is 10.0. The number of benzene rings is 1. The topological polar surface area (TPSA) is 111 Å². The van der Waals surface area contributed by atoms with Crippen LogP contribution < -0.4 is 4.90 Å². The van der Waals surface area contributed by atoms with E-state index in [9.17, 15) is 44.7 Å². The van der Waals surface area contributed by atoms with Crippen molar-refractivity contribution in [1.29, 1.82) is 5.26 Å². The average Bonchev–Trinajstić information content (AvgIpc) is 3.32. The molecule has 16 heteroatoms. The van der Waals surface area contributed by atoms with Crippen molar-refractivity contribution in [3.63, 3.8) is 0 Å². The molecule has 2 heterocycles. The third-order valence-corrected chi connectivity index (χ3v) is 10.0. The summed E-state index contributed by atoms with van der Waals surface area (Å²) in [6.45, 7) is 0.793. The third-order valence-electron chi connectivity index (χ3n) is 6.05. The summed E-state index contributed by atoms with van der Waals surface area (Å²) in [6, 6.07) is 3.79. The predicted molar refractivity (Wildman–Crippen MR) is 121 cm³/mol. The molecule has 0 radical (unpaired) electrons. The van der Waals surface area contributed by atoms with Gasteiger partial charge in [0.15, 0.2) is 0 Å². The van der Waals surface area contributed by atoms with Gasteiger partial charge in [-0.1, -0.05) is 6.08 Å². The summed E-state index contributed by atoms with van der Waals surface area (Å²) in [5.74, 6) is -1.98. The number of piperazine rings is 1. The Hall–Kier alpha value is -2.48. The van der Waals surface area contributed by atoms with E-state index in [1.54, 1.807) is 6.07 Å². The summed E-state index contributed by atoms with van der Waals surface area (Å²) >= 11 is 0.166. The number of halogens is 6. The molecule has 2 aliphatic heterocycles. The quantitative estimate of drug-likeness (QED) is 0.423. The van der Waals surface area contributed by atoms with Gasteiger partial charge < -0.3 is 14.7 Å². The van der Waals surface area contributed by atoms with Gasteiger partial charge >= 0.3 is 18.3 Å². The number of carbonyl (C=O) groups is 1. The van der Waals surface area contributed by atoms with E-state index in [0.717, 1.165) is 16.4 Å². The zero-order valence-electron chi connectivity index (χ0n) is 19.3. The lowest BCUT2D eigenvalue weighted by atomic mass is 9.96. The van der Waals surface area contributed by atoms with Crippen LogP contribution in [0.15, 0.2) is 28.5 Å². The maximum absolute atomic E-state index is 13.6. The van der Waals surface area contributed by atoms with Crippen molar-refractivity contribution in [3.05, 3.63) is 39.6 Å². The number of carbonyl (C=O) groups excluding carboxylic acids is 1. The van der Waals surface area contributed by atoms with Crippen molar-refractivity contribution in [2.45, 2.75) is 42.6 Å². The lowest BCUT2D eigenvalue weighted by Gasteiger charge is -2.41. The number of sulfonamides is 1. The van der Waals surface area contributed by atoms with E-state index in [1.165, 1.54) is 17.9 Å². The molecule has 1 aromatic rings. The first kappa shape index (κ1) is 29.1. The van der Waals surface area contributed by atoms with Gasteiger partial charge in [0.05, 0.1) is 29.6 Å². The lowest BCUT2D eigenvalue weighted by molar-refractivity contribution is -0.260. The molecule has 0 amide bonds. The molecule has 1 fully saturated rings. The second-order valence-electron chi connectivity index (χ2n) is 8.37. The van der Waals surface area contributed by atoms with Crippen LogP contribution >= 0.6 is 11.8 Å². The molecule has 37 heavy (non-hydrogen) atoms. The summed E-state index contributed by atoms with van der Waals surface area (Å²) < 4.78 is 112. The maximum atomic E-state index is 13.6. The number of aliphatic hydroxyl groups is 1. The summed E-state index contributed by atoms with van der Waals surface area (Å²) in [4.78, 5) is 13.1. The minimum Gasteiger partial charge on any atom is -0.467 e. The van der Waals surface area contributed by atoms with Crippen molar-refractivity contribution in [2.75, 3.05) is 31.6 Å². The predicted octanol–water partition coefficient (Wildman–Crippen LogP) is 3.23. The Morgan fingerprint density at radius 3 is 2.38 bits per heavy atom. The third kappa shape index (κ3) is 5.27. The molecule has 2 aliphatic rings. The maximum Gasteiger partial charge on any atom is 0.429 e. The number of nitrogens with zero attached hydrogens (tertiary/aromatic N) is 3. The molecule has 8 nitrogen and oxygen atoms in total. The average molecular weight is 574 g/mol. The van der Waals surface area contributed by atoms with Gasteiger partial charge in [-0.3, -0.25) is 0 Å². The number of methoxy groups -OCH3 is 1. The number of ether oxygens (including phenoxy) is 1. The van der Waals surface area contributed by atoms with E-state index < -0.39 is 61.5 Å². The second-order valence-corrected chi connectivity index (χ2v) is 11.7. The van der Waals surface area contributed by atoms with Crippen LogP contribution in [0.25, 0.3) is 0 Å². The number of alkyl halides is 6. The molecule has 1 N–H and O–H groups in total. The van der Waals surface area contributed by atoms with E-state index in [1.807, 2.05) is 0 Å². The molecule has 1 saturated heterocycles. The van der Waals surface area contributed by atoms with Gasteiger partial charge in [-0.15, -0.1) is 11.8 Å². The van der Waals surface area contributed by atoms with Crippen LogP contribution in [0.2, 0.25) is 0 Å². The Labute approximate surface area is 212 Å². The molecule has 3 rings (SSSR count). The summed E-state index contributed by atoms with van der Waals surface area (Å²) in [5.41, 5.74) is -5.44. The molecular formula is C21H21F6N3O5S2. The van der Waals surface area contributed by atoms with E-state index in [-0.39, 0.29) is 42.6 Å². The van der Waals surface area contributed by atoms with Crippen molar-refractivity contribution in [1.82, 2.24) is 4.31 Å². The number of nitriles is 1. The van der Waals surface area contributed by atoms with Crippen LogP contribution in [0.1, 0.15) is 24.5 Å². The SMILES string of the molecule is COC(=O)C(O)(C1CC=C(S(=O)(=O)N2CCN(c3ccc(C#N)cc3C(F)(F)F)C[C@H]2C)S1)C(F)(F)F. The first-order valence-electron chi connectivity index (χ1n) is 10.6. The molecule has 204 valence electrons. The minimum absolute atomic E-state index is 0.166. The highest BCUT2D eigenvalue weighted by Crippen LogP contribution is 2.48. The zero-order chi connectivity index (χ0) is 28.0. The lowest BCUT2D eigenvalue weighted by Crippen LogP contribution is -2.59. The van der Waals surface area contributed by atoms with Crippen LogP contribution in [0, 0.1) is 11.3 Å². The smallest absolute Gasteiger partial charge is 0.429 e. The highest BCUT2D eigenvalue weighted by atomic mass is 32.3. The van der Waals surface area contributed by atoms with Crippen molar-refractivity contribution >= 4 is 33.4 Å². The molecule has 0 aromatic heterocycles. The Kier molecular flexibility index (Phi) is 7.86. The number of allylic oxidation sites excluding steroid dienone is 1. The fourth-order valence-corrected chi connectivity index (χ4v) is 7.78. The Bertz CT molecular complexity index is 1240. The van der Waals surface area contributed by atoms with Gasteiger partial charge in [-0.05, 0) is 31.5 Å². The van der Waals surface area contributed by atoms with Gasteiger partial charge in [0.1, 0.15) is 4.24 Å². The fraction of sp³-hybridized carbons (Fsp3) is 0.524. The largest absolute Gasteiger partial charge is 0.467 e.